The maximum atomic E-state index is 13.2. The van der Waals surface area contributed by atoms with Crippen LogP contribution in [0.15, 0.2) is 33.9 Å². The number of nitrogens with zero attached hydrogens (tertiary/aromatic N) is 5. The fourth-order valence-electron chi connectivity index (χ4n) is 3.09. The van der Waals surface area contributed by atoms with Gasteiger partial charge in [0.15, 0.2) is 0 Å². The van der Waals surface area contributed by atoms with Crippen molar-refractivity contribution in [3.8, 4) is 0 Å². The Morgan fingerprint density at radius 3 is 2.25 bits per heavy atom. The molecule has 1 saturated heterocycles. The molecule has 2 heterocycles. The number of piperazine rings is 1. The van der Waals surface area contributed by atoms with E-state index in [0.717, 1.165) is 21.4 Å². The normalized spacial score (nSPS) is 15.0. The molecule has 150 valence electrons. The van der Waals surface area contributed by atoms with Gasteiger partial charge in [0.2, 0.25) is 5.82 Å². The molecule has 28 heavy (non-hydrogen) atoms. The van der Waals surface area contributed by atoms with E-state index in [2.05, 4.69) is 5.10 Å². The van der Waals surface area contributed by atoms with Gasteiger partial charge in [0.05, 0.1) is 11.1 Å². The van der Waals surface area contributed by atoms with Crippen molar-refractivity contribution in [2.75, 3.05) is 31.1 Å². The molecular formula is C17H18F3N5O3. The Morgan fingerprint density at radius 1 is 1.04 bits per heavy atom. The Balaban J connectivity index is 1.80. The van der Waals surface area contributed by atoms with Gasteiger partial charge >= 0.3 is 11.9 Å². The van der Waals surface area contributed by atoms with Crippen molar-refractivity contribution in [2.45, 2.75) is 6.18 Å². The number of halogens is 3. The summed E-state index contributed by atoms with van der Waals surface area (Å²) in [4.78, 5) is 39.5. The first-order valence-electron chi connectivity index (χ1n) is 8.46. The van der Waals surface area contributed by atoms with Gasteiger partial charge in [0.1, 0.15) is 0 Å². The van der Waals surface area contributed by atoms with Gasteiger partial charge < -0.3 is 9.80 Å². The number of rotatable bonds is 2. The summed E-state index contributed by atoms with van der Waals surface area (Å²) in [7, 11) is 2.75. The standard InChI is InChI=1S/C17H18F3N5O3/c1-22-15(27)13(21-23(2)16(22)28)24-7-9-25(10-8-24)14(26)11-5-3-4-6-12(11)17(18,19)20/h3-6H,7-10H2,1-2H3. The molecule has 0 aliphatic carbocycles. The molecule has 11 heteroatoms. The number of benzene rings is 1. The summed E-state index contributed by atoms with van der Waals surface area (Å²) in [5.41, 5.74) is -2.51. The number of carbonyl (C=O) groups is 1. The van der Waals surface area contributed by atoms with Crippen LogP contribution in [0.4, 0.5) is 19.0 Å². The van der Waals surface area contributed by atoms with Crippen molar-refractivity contribution >= 4 is 11.7 Å². The van der Waals surface area contributed by atoms with Gasteiger partial charge in [0.25, 0.3) is 11.5 Å². The number of amides is 1. The molecule has 1 aliphatic heterocycles. The van der Waals surface area contributed by atoms with E-state index >= 15 is 0 Å². The molecule has 0 unspecified atom stereocenters. The van der Waals surface area contributed by atoms with Gasteiger partial charge in [-0.25, -0.2) is 9.48 Å². The molecule has 0 bridgehead atoms. The monoisotopic (exact) mass is 397 g/mol. The molecule has 0 spiro atoms. The molecule has 3 rings (SSSR count). The molecular weight excluding hydrogens is 379 g/mol. The lowest BCUT2D eigenvalue weighted by Crippen LogP contribution is -2.52. The number of aryl methyl sites for hydroxylation is 1. The van der Waals surface area contributed by atoms with Crippen LogP contribution >= 0.6 is 0 Å². The molecule has 2 aromatic rings. The maximum Gasteiger partial charge on any atom is 0.417 e. The Kier molecular flexibility index (Phi) is 5.01. The van der Waals surface area contributed by atoms with Gasteiger partial charge in [-0.1, -0.05) is 12.1 Å². The van der Waals surface area contributed by atoms with Crippen LogP contribution < -0.4 is 16.1 Å². The summed E-state index contributed by atoms with van der Waals surface area (Å²) in [5, 5.41) is 3.98. The van der Waals surface area contributed by atoms with Crippen LogP contribution in [-0.2, 0) is 20.3 Å². The minimum absolute atomic E-state index is 0.0624. The first-order valence-corrected chi connectivity index (χ1v) is 8.46. The summed E-state index contributed by atoms with van der Waals surface area (Å²) < 4.78 is 41.4. The Hall–Kier alpha value is -3.11. The van der Waals surface area contributed by atoms with E-state index in [0.29, 0.717) is 0 Å². The highest BCUT2D eigenvalue weighted by molar-refractivity contribution is 5.96. The highest BCUT2D eigenvalue weighted by Gasteiger charge is 2.36. The molecule has 0 atom stereocenters. The van der Waals surface area contributed by atoms with Gasteiger partial charge in [-0.05, 0) is 12.1 Å². The topological polar surface area (TPSA) is 80.4 Å². The molecule has 0 N–H and O–H groups in total. The molecule has 1 aromatic heterocycles. The quantitative estimate of drug-likeness (QED) is 0.736. The number of hydrogen-bond donors (Lipinski definition) is 0. The van der Waals surface area contributed by atoms with E-state index in [1.807, 2.05) is 0 Å². The van der Waals surface area contributed by atoms with Crippen LogP contribution in [0.5, 0.6) is 0 Å². The lowest BCUT2D eigenvalue weighted by molar-refractivity contribution is -0.138. The van der Waals surface area contributed by atoms with Crippen LogP contribution in [0.3, 0.4) is 0 Å². The van der Waals surface area contributed by atoms with Crippen LogP contribution in [-0.4, -0.2) is 51.3 Å². The van der Waals surface area contributed by atoms with E-state index in [9.17, 15) is 27.6 Å². The first kappa shape index (κ1) is 19.6. The maximum absolute atomic E-state index is 13.2. The second-order valence-electron chi connectivity index (χ2n) is 6.42. The summed E-state index contributed by atoms with van der Waals surface area (Å²) in [6, 6.07) is 4.65. The second-order valence-corrected chi connectivity index (χ2v) is 6.42. The molecule has 8 nitrogen and oxygen atoms in total. The zero-order chi connectivity index (χ0) is 20.6. The second kappa shape index (κ2) is 7.13. The number of carbonyl (C=O) groups excluding carboxylic acids is 1. The summed E-state index contributed by atoms with van der Waals surface area (Å²) in [5.74, 6) is -0.652. The van der Waals surface area contributed by atoms with Crippen LogP contribution in [0, 0.1) is 0 Å². The van der Waals surface area contributed by atoms with E-state index < -0.39 is 34.5 Å². The average molecular weight is 397 g/mol. The van der Waals surface area contributed by atoms with Crippen LogP contribution in [0.25, 0.3) is 0 Å². The first-order chi connectivity index (χ1) is 13.1. The third-order valence-corrected chi connectivity index (χ3v) is 4.63. The SMILES string of the molecule is Cn1nc(N2CCN(C(=O)c3ccccc3C(F)(F)F)CC2)c(=O)n(C)c1=O. The van der Waals surface area contributed by atoms with E-state index in [1.165, 1.54) is 31.1 Å². The average Bonchev–Trinajstić information content (AvgIpc) is 2.68. The highest BCUT2D eigenvalue weighted by Crippen LogP contribution is 2.32. The Labute approximate surface area is 157 Å². The third kappa shape index (κ3) is 3.51. The number of alkyl halides is 3. The van der Waals surface area contributed by atoms with Crippen molar-refractivity contribution in [1.82, 2.24) is 19.2 Å². The van der Waals surface area contributed by atoms with Crippen molar-refractivity contribution in [3.05, 3.63) is 56.2 Å². The molecule has 1 fully saturated rings. The lowest BCUT2D eigenvalue weighted by Gasteiger charge is -2.35. The highest BCUT2D eigenvalue weighted by atomic mass is 19.4. The van der Waals surface area contributed by atoms with Crippen molar-refractivity contribution in [2.24, 2.45) is 14.1 Å². The van der Waals surface area contributed by atoms with E-state index in [-0.39, 0.29) is 32.0 Å². The van der Waals surface area contributed by atoms with Crippen molar-refractivity contribution in [3.63, 3.8) is 0 Å². The minimum atomic E-state index is -4.63. The van der Waals surface area contributed by atoms with Crippen molar-refractivity contribution < 1.29 is 18.0 Å². The number of hydrogen-bond acceptors (Lipinski definition) is 5. The van der Waals surface area contributed by atoms with Gasteiger partial charge in [-0.15, -0.1) is 5.10 Å². The lowest BCUT2D eigenvalue weighted by atomic mass is 10.1. The number of aromatic nitrogens is 3. The Bertz CT molecular complexity index is 1020. The minimum Gasteiger partial charge on any atom is -0.347 e. The summed E-state index contributed by atoms with van der Waals surface area (Å²) >= 11 is 0. The molecule has 0 saturated carbocycles. The molecule has 1 aromatic carbocycles. The van der Waals surface area contributed by atoms with Gasteiger partial charge in [0, 0.05) is 40.3 Å². The van der Waals surface area contributed by atoms with E-state index in [1.54, 1.807) is 4.90 Å². The fourth-order valence-corrected chi connectivity index (χ4v) is 3.09. The smallest absolute Gasteiger partial charge is 0.347 e. The van der Waals surface area contributed by atoms with Crippen LogP contribution in [0.1, 0.15) is 15.9 Å². The van der Waals surface area contributed by atoms with Crippen LogP contribution in [0.2, 0.25) is 0 Å². The van der Waals surface area contributed by atoms with E-state index in [4.69, 9.17) is 0 Å². The van der Waals surface area contributed by atoms with Crippen molar-refractivity contribution in [1.29, 1.82) is 0 Å². The largest absolute Gasteiger partial charge is 0.417 e. The molecule has 1 amide bonds. The zero-order valence-corrected chi connectivity index (χ0v) is 15.2. The third-order valence-electron chi connectivity index (χ3n) is 4.63. The fraction of sp³-hybridized carbons (Fsp3) is 0.412. The Morgan fingerprint density at radius 2 is 1.64 bits per heavy atom. The molecule has 0 radical (unpaired) electrons. The number of anilines is 1. The summed E-state index contributed by atoms with van der Waals surface area (Å²) in [6.07, 6.45) is -4.63. The molecule has 1 aliphatic rings. The van der Waals surface area contributed by atoms with Gasteiger partial charge in [-0.2, -0.15) is 13.2 Å². The van der Waals surface area contributed by atoms with Gasteiger partial charge in [-0.3, -0.25) is 14.2 Å². The summed E-state index contributed by atoms with van der Waals surface area (Å²) in [6.45, 7) is 0.665. The zero-order valence-electron chi connectivity index (χ0n) is 15.2. The predicted molar refractivity (Wildman–Crippen MR) is 94.3 cm³/mol. The predicted octanol–water partition coefficient (Wildman–Crippen LogP) is 0.460.